The maximum absolute atomic E-state index is 11.8. The van der Waals surface area contributed by atoms with E-state index in [9.17, 15) is 4.79 Å². The van der Waals surface area contributed by atoms with E-state index in [2.05, 4.69) is 10.5 Å². The van der Waals surface area contributed by atoms with Gasteiger partial charge in [0.05, 0.1) is 11.2 Å². The Balaban J connectivity index is 2.45. The maximum Gasteiger partial charge on any atom is 0.253 e. The normalized spacial score (nSPS) is 11.2. The van der Waals surface area contributed by atoms with Gasteiger partial charge in [-0.2, -0.15) is 10.4 Å². The van der Waals surface area contributed by atoms with E-state index in [1.54, 1.807) is 48.9 Å². The number of hydrogen-bond donors (Lipinski definition) is 3. The van der Waals surface area contributed by atoms with Crippen molar-refractivity contribution in [3.8, 4) is 6.07 Å². The highest BCUT2D eigenvalue weighted by atomic mass is 16.1. The molecule has 1 heterocycles. The molecule has 2 aromatic rings. The molecule has 0 amide bonds. The number of aromatic nitrogens is 1. The number of fused-ring (bicyclic) bond motifs is 1. The lowest BCUT2D eigenvalue weighted by Gasteiger charge is -2.08. The van der Waals surface area contributed by atoms with Crippen LogP contribution in [0, 0.1) is 23.7 Å². The minimum absolute atomic E-state index is 0.0374. The Labute approximate surface area is 120 Å². The molecule has 0 atom stereocenters. The summed E-state index contributed by atoms with van der Waals surface area (Å²) in [5, 5.41) is 20.6. The second kappa shape index (κ2) is 5.46. The van der Waals surface area contributed by atoms with Crippen molar-refractivity contribution in [2.45, 2.75) is 6.92 Å². The molecule has 0 unspecified atom stereocenters. The predicted molar refractivity (Wildman–Crippen MR) is 82.5 cm³/mol. The highest BCUT2D eigenvalue weighted by Crippen LogP contribution is 2.18. The number of aryl methyl sites for hydroxylation is 2. The van der Waals surface area contributed by atoms with Gasteiger partial charge in [0, 0.05) is 18.0 Å². The molecule has 0 bridgehead atoms. The van der Waals surface area contributed by atoms with Crippen LogP contribution in [0.15, 0.2) is 34.2 Å². The van der Waals surface area contributed by atoms with Crippen LogP contribution in [0.2, 0.25) is 0 Å². The molecule has 0 aliphatic carbocycles. The third-order valence-corrected chi connectivity index (χ3v) is 3.06. The average Bonchev–Trinajstić information content (AvgIpc) is 2.45. The fourth-order valence-corrected chi connectivity index (χ4v) is 1.98. The van der Waals surface area contributed by atoms with Crippen molar-refractivity contribution in [3.63, 3.8) is 0 Å². The summed E-state index contributed by atoms with van der Waals surface area (Å²) in [6.07, 6.45) is 0. The first-order chi connectivity index (χ1) is 9.93. The van der Waals surface area contributed by atoms with Gasteiger partial charge in [0.1, 0.15) is 6.07 Å². The number of hydrazone groups is 1. The molecule has 0 fully saturated rings. The molecule has 0 spiro atoms. The van der Waals surface area contributed by atoms with E-state index in [0.717, 1.165) is 10.9 Å². The molecule has 106 valence electrons. The van der Waals surface area contributed by atoms with Crippen molar-refractivity contribution in [1.82, 2.24) is 4.57 Å². The van der Waals surface area contributed by atoms with Gasteiger partial charge in [-0.15, -0.1) is 0 Å². The number of amidine groups is 1. The number of nitrogens with zero attached hydrogens (tertiary/aromatic N) is 3. The fraction of sp³-hybridized carbons (Fsp3) is 0.143. The van der Waals surface area contributed by atoms with Crippen molar-refractivity contribution in [1.29, 1.82) is 10.7 Å². The zero-order chi connectivity index (χ0) is 15.6. The van der Waals surface area contributed by atoms with Crippen LogP contribution >= 0.6 is 0 Å². The number of benzene rings is 1. The minimum Gasteiger partial charge on any atom is -0.382 e. The summed E-state index contributed by atoms with van der Waals surface area (Å²) in [6, 6.07) is 8.84. The second-order valence-corrected chi connectivity index (χ2v) is 4.56. The van der Waals surface area contributed by atoms with Crippen LogP contribution in [0.4, 0.5) is 5.69 Å². The first-order valence-electron chi connectivity index (χ1n) is 6.12. The van der Waals surface area contributed by atoms with Crippen molar-refractivity contribution in [3.05, 3.63) is 40.2 Å². The Kier molecular flexibility index (Phi) is 3.71. The number of nitrogens with two attached hydrogens (primary N) is 1. The highest BCUT2D eigenvalue weighted by molar-refractivity contribution is 6.45. The lowest BCUT2D eigenvalue weighted by molar-refractivity contribution is 0.893. The Morgan fingerprint density at radius 1 is 1.48 bits per heavy atom. The summed E-state index contributed by atoms with van der Waals surface area (Å²) >= 11 is 0. The standard InChI is InChI=1S/C14H14N6O/c1-8-5-9-6-10(18-19-11(7-15)13(16)17)3-4-12(9)20(2)14(8)21/h3-6,18H,1-2H3,(H3,16,17)/b19-11+. The molecule has 0 radical (unpaired) electrons. The Morgan fingerprint density at radius 3 is 2.81 bits per heavy atom. The van der Waals surface area contributed by atoms with E-state index in [1.165, 1.54) is 0 Å². The topological polar surface area (TPSA) is 120 Å². The zero-order valence-corrected chi connectivity index (χ0v) is 11.6. The number of hydrogen-bond acceptors (Lipinski definition) is 5. The fourth-order valence-electron chi connectivity index (χ4n) is 1.98. The van der Waals surface area contributed by atoms with Gasteiger partial charge in [0.15, 0.2) is 5.84 Å². The number of nitrogens with one attached hydrogen (secondary N) is 2. The summed E-state index contributed by atoms with van der Waals surface area (Å²) in [5.41, 5.74) is 9.74. The Morgan fingerprint density at radius 2 is 2.19 bits per heavy atom. The van der Waals surface area contributed by atoms with Gasteiger partial charge in [0.2, 0.25) is 5.71 Å². The number of pyridine rings is 1. The van der Waals surface area contributed by atoms with Crippen LogP contribution < -0.4 is 16.7 Å². The third-order valence-electron chi connectivity index (χ3n) is 3.06. The molecule has 2 rings (SSSR count). The summed E-state index contributed by atoms with van der Waals surface area (Å²) in [7, 11) is 1.71. The summed E-state index contributed by atoms with van der Waals surface area (Å²) < 4.78 is 1.58. The zero-order valence-electron chi connectivity index (χ0n) is 11.6. The molecule has 1 aromatic carbocycles. The SMILES string of the molecule is Cc1cc2cc(N/N=C(\C#N)C(=N)N)ccc2n(C)c1=O. The van der Waals surface area contributed by atoms with Gasteiger partial charge in [0.25, 0.3) is 5.56 Å². The van der Waals surface area contributed by atoms with Gasteiger partial charge in [-0.25, -0.2) is 0 Å². The van der Waals surface area contributed by atoms with Crippen LogP contribution in [0.5, 0.6) is 0 Å². The molecule has 0 aliphatic rings. The van der Waals surface area contributed by atoms with Crippen molar-refractivity contribution in [2.75, 3.05) is 5.43 Å². The number of rotatable bonds is 3. The smallest absolute Gasteiger partial charge is 0.253 e. The van der Waals surface area contributed by atoms with Crippen LogP contribution in [-0.4, -0.2) is 16.1 Å². The molecule has 4 N–H and O–H groups in total. The molecule has 7 heteroatoms. The Bertz CT molecular complexity index is 856. The van der Waals surface area contributed by atoms with Gasteiger partial charge in [-0.1, -0.05) is 0 Å². The van der Waals surface area contributed by atoms with Crippen molar-refractivity contribution < 1.29 is 0 Å². The molecular formula is C14H14N6O. The molecule has 1 aromatic heterocycles. The van der Waals surface area contributed by atoms with Gasteiger partial charge in [-0.3, -0.25) is 15.6 Å². The monoisotopic (exact) mass is 282 g/mol. The van der Waals surface area contributed by atoms with Crippen molar-refractivity contribution >= 4 is 28.1 Å². The minimum atomic E-state index is -0.399. The molecule has 0 saturated heterocycles. The third kappa shape index (κ3) is 2.74. The largest absolute Gasteiger partial charge is 0.382 e. The maximum atomic E-state index is 11.8. The molecule has 0 saturated carbocycles. The summed E-state index contributed by atoms with van der Waals surface area (Å²) in [4.78, 5) is 11.8. The van der Waals surface area contributed by atoms with E-state index in [4.69, 9.17) is 16.4 Å². The van der Waals surface area contributed by atoms with Gasteiger partial charge in [-0.05, 0) is 31.2 Å². The molecule has 0 aliphatic heterocycles. The lowest BCUT2D eigenvalue weighted by Crippen LogP contribution is -2.22. The van der Waals surface area contributed by atoms with Gasteiger partial charge >= 0.3 is 0 Å². The van der Waals surface area contributed by atoms with Crippen LogP contribution in [-0.2, 0) is 7.05 Å². The molecule has 7 nitrogen and oxygen atoms in total. The van der Waals surface area contributed by atoms with E-state index in [-0.39, 0.29) is 11.3 Å². The average molecular weight is 282 g/mol. The van der Waals surface area contributed by atoms with E-state index in [1.807, 2.05) is 0 Å². The summed E-state index contributed by atoms with van der Waals surface area (Å²) in [5.74, 6) is -0.399. The summed E-state index contributed by atoms with van der Waals surface area (Å²) in [6.45, 7) is 1.75. The first-order valence-corrected chi connectivity index (χ1v) is 6.12. The predicted octanol–water partition coefficient (Wildman–Crippen LogP) is 1.07. The molecular weight excluding hydrogens is 268 g/mol. The van der Waals surface area contributed by atoms with Gasteiger partial charge < -0.3 is 10.3 Å². The van der Waals surface area contributed by atoms with E-state index >= 15 is 0 Å². The van der Waals surface area contributed by atoms with Crippen LogP contribution in [0.1, 0.15) is 5.56 Å². The van der Waals surface area contributed by atoms with Crippen LogP contribution in [0.3, 0.4) is 0 Å². The van der Waals surface area contributed by atoms with Crippen LogP contribution in [0.25, 0.3) is 10.9 Å². The lowest BCUT2D eigenvalue weighted by atomic mass is 10.1. The second-order valence-electron chi connectivity index (χ2n) is 4.56. The Hall–Kier alpha value is -3.14. The first kappa shape index (κ1) is 14.3. The highest BCUT2D eigenvalue weighted by Gasteiger charge is 2.05. The van der Waals surface area contributed by atoms with E-state index in [0.29, 0.717) is 11.3 Å². The number of nitriles is 1. The van der Waals surface area contributed by atoms with Crippen molar-refractivity contribution in [2.24, 2.45) is 17.9 Å². The molecule has 21 heavy (non-hydrogen) atoms. The quantitative estimate of drug-likeness (QED) is 0.443. The number of anilines is 1. The van der Waals surface area contributed by atoms with E-state index < -0.39 is 5.84 Å².